The molecule has 0 bridgehead atoms. The Morgan fingerprint density at radius 1 is 1.17 bits per heavy atom. The number of pyridine rings is 1. The summed E-state index contributed by atoms with van der Waals surface area (Å²) in [6, 6.07) is 13.8. The maximum absolute atomic E-state index is 12.3. The van der Waals surface area contributed by atoms with Crippen LogP contribution in [0.3, 0.4) is 0 Å². The number of carbonyl (C=O) groups excluding carboxylic acids is 1. The molecule has 1 amide bonds. The summed E-state index contributed by atoms with van der Waals surface area (Å²) in [5, 5.41) is 6.49. The van der Waals surface area contributed by atoms with E-state index in [0.717, 1.165) is 22.2 Å². The highest BCUT2D eigenvalue weighted by Gasteiger charge is 2.10. The summed E-state index contributed by atoms with van der Waals surface area (Å²) in [7, 11) is 0. The van der Waals surface area contributed by atoms with E-state index in [0.29, 0.717) is 5.13 Å². The number of anilines is 1. The van der Waals surface area contributed by atoms with Crippen LogP contribution < -0.4 is 5.32 Å². The third-order valence-electron chi connectivity index (χ3n) is 3.70. The minimum atomic E-state index is -0.0940. The van der Waals surface area contributed by atoms with Crippen LogP contribution in [0.15, 0.2) is 66.4 Å². The molecule has 118 valence electrons. The number of hydrogen-bond donors (Lipinski definition) is 1. The van der Waals surface area contributed by atoms with Gasteiger partial charge in [0.15, 0.2) is 5.13 Å². The highest BCUT2D eigenvalue weighted by Crippen LogP contribution is 2.24. The first kappa shape index (κ1) is 14.6. The molecule has 0 saturated carbocycles. The SMILES string of the molecule is O=C(Cn1ccc2ccccc21)Nc1nc(-c2cccnc2)cs1. The molecule has 3 aromatic heterocycles. The number of para-hydroxylation sites is 1. The van der Waals surface area contributed by atoms with Crippen molar-refractivity contribution in [3.05, 3.63) is 66.4 Å². The van der Waals surface area contributed by atoms with Crippen molar-refractivity contribution in [1.82, 2.24) is 14.5 Å². The zero-order chi connectivity index (χ0) is 16.4. The highest BCUT2D eigenvalue weighted by molar-refractivity contribution is 7.14. The average Bonchev–Trinajstić information content (AvgIpc) is 3.23. The third-order valence-corrected chi connectivity index (χ3v) is 4.46. The van der Waals surface area contributed by atoms with Crippen molar-refractivity contribution in [2.24, 2.45) is 0 Å². The second kappa shape index (κ2) is 6.25. The van der Waals surface area contributed by atoms with Gasteiger partial charge in [0.2, 0.25) is 5.91 Å². The lowest BCUT2D eigenvalue weighted by molar-refractivity contribution is -0.116. The van der Waals surface area contributed by atoms with Gasteiger partial charge in [-0.05, 0) is 29.7 Å². The molecule has 1 N–H and O–H groups in total. The molecular formula is C18H14N4OS. The lowest BCUT2D eigenvalue weighted by Gasteiger charge is -2.05. The van der Waals surface area contributed by atoms with Gasteiger partial charge >= 0.3 is 0 Å². The number of benzene rings is 1. The van der Waals surface area contributed by atoms with Crippen molar-refractivity contribution >= 4 is 33.3 Å². The monoisotopic (exact) mass is 334 g/mol. The molecule has 0 aliphatic heterocycles. The number of rotatable bonds is 4. The Morgan fingerprint density at radius 2 is 2.08 bits per heavy atom. The first-order chi connectivity index (χ1) is 11.8. The van der Waals surface area contributed by atoms with Crippen LogP contribution in [0.2, 0.25) is 0 Å². The number of thiazole rings is 1. The minimum absolute atomic E-state index is 0.0940. The normalized spacial score (nSPS) is 10.8. The fourth-order valence-electron chi connectivity index (χ4n) is 2.57. The van der Waals surface area contributed by atoms with Gasteiger partial charge in [0.25, 0.3) is 0 Å². The summed E-state index contributed by atoms with van der Waals surface area (Å²) < 4.78 is 1.93. The zero-order valence-electron chi connectivity index (χ0n) is 12.7. The zero-order valence-corrected chi connectivity index (χ0v) is 13.5. The van der Waals surface area contributed by atoms with Gasteiger partial charge < -0.3 is 9.88 Å². The third kappa shape index (κ3) is 2.91. The Morgan fingerprint density at radius 3 is 2.96 bits per heavy atom. The Hall–Kier alpha value is -2.99. The summed E-state index contributed by atoms with van der Waals surface area (Å²) in [4.78, 5) is 20.8. The summed E-state index contributed by atoms with van der Waals surface area (Å²) in [5.74, 6) is -0.0940. The smallest absolute Gasteiger partial charge is 0.246 e. The van der Waals surface area contributed by atoms with Crippen molar-refractivity contribution in [2.45, 2.75) is 6.54 Å². The molecule has 5 nitrogen and oxygen atoms in total. The quantitative estimate of drug-likeness (QED) is 0.617. The molecule has 0 unspecified atom stereocenters. The molecule has 4 aromatic rings. The molecule has 1 aromatic carbocycles. The number of hydrogen-bond acceptors (Lipinski definition) is 4. The van der Waals surface area contributed by atoms with Gasteiger partial charge in [-0.3, -0.25) is 9.78 Å². The number of carbonyl (C=O) groups is 1. The van der Waals surface area contributed by atoms with E-state index >= 15 is 0 Å². The van der Waals surface area contributed by atoms with Crippen LogP contribution >= 0.6 is 11.3 Å². The molecule has 4 rings (SSSR count). The maximum Gasteiger partial charge on any atom is 0.246 e. The van der Waals surface area contributed by atoms with E-state index in [4.69, 9.17) is 0 Å². The largest absolute Gasteiger partial charge is 0.338 e. The van der Waals surface area contributed by atoms with Crippen LogP contribution in [0.5, 0.6) is 0 Å². The molecule has 0 aliphatic rings. The second-order valence-electron chi connectivity index (χ2n) is 5.33. The Balaban J connectivity index is 1.48. The standard InChI is InChI=1S/C18H14N4OS/c23-17(11-22-9-7-13-4-1-2-6-16(13)22)21-18-20-15(12-24-18)14-5-3-8-19-10-14/h1-10,12H,11H2,(H,20,21,23). The summed E-state index contributed by atoms with van der Waals surface area (Å²) >= 11 is 1.41. The van der Waals surface area contributed by atoms with Crippen LogP contribution in [0, 0.1) is 0 Å². The van der Waals surface area contributed by atoms with Gasteiger partial charge in [0, 0.05) is 35.1 Å². The Labute approximate surface area is 142 Å². The minimum Gasteiger partial charge on any atom is -0.338 e. The predicted molar refractivity (Wildman–Crippen MR) is 95.9 cm³/mol. The Bertz CT molecular complexity index is 990. The van der Waals surface area contributed by atoms with Crippen LogP contribution in [0.25, 0.3) is 22.2 Å². The van der Waals surface area contributed by atoms with E-state index in [1.807, 2.05) is 58.6 Å². The van der Waals surface area contributed by atoms with Gasteiger partial charge in [-0.15, -0.1) is 11.3 Å². The molecular weight excluding hydrogens is 320 g/mol. The van der Waals surface area contributed by atoms with Crippen molar-refractivity contribution in [3.8, 4) is 11.3 Å². The van der Waals surface area contributed by atoms with Crippen molar-refractivity contribution in [1.29, 1.82) is 0 Å². The first-order valence-corrected chi connectivity index (χ1v) is 8.37. The van der Waals surface area contributed by atoms with E-state index in [1.165, 1.54) is 11.3 Å². The average molecular weight is 334 g/mol. The highest BCUT2D eigenvalue weighted by atomic mass is 32.1. The fraction of sp³-hybridized carbons (Fsp3) is 0.0556. The maximum atomic E-state index is 12.3. The molecule has 0 atom stereocenters. The molecule has 0 radical (unpaired) electrons. The van der Waals surface area contributed by atoms with Gasteiger partial charge in [0.05, 0.1) is 5.69 Å². The van der Waals surface area contributed by atoms with E-state index in [9.17, 15) is 4.79 Å². The summed E-state index contributed by atoms with van der Waals surface area (Å²) in [6.45, 7) is 0.259. The number of aromatic nitrogens is 3. The predicted octanol–water partition coefficient (Wildman–Crippen LogP) is 3.80. The van der Waals surface area contributed by atoms with Crippen molar-refractivity contribution in [3.63, 3.8) is 0 Å². The molecule has 6 heteroatoms. The molecule has 0 fully saturated rings. The number of fused-ring (bicyclic) bond motifs is 1. The number of nitrogens with one attached hydrogen (secondary N) is 1. The van der Waals surface area contributed by atoms with E-state index < -0.39 is 0 Å². The van der Waals surface area contributed by atoms with Gasteiger partial charge in [-0.2, -0.15) is 0 Å². The molecule has 0 aliphatic carbocycles. The number of amides is 1. The van der Waals surface area contributed by atoms with E-state index in [-0.39, 0.29) is 12.5 Å². The van der Waals surface area contributed by atoms with Crippen LogP contribution in [0.4, 0.5) is 5.13 Å². The van der Waals surface area contributed by atoms with Gasteiger partial charge in [0.1, 0.15) is 6.54 Å². The Kier molecular flexibility index (Phi) is 3.80. The van der Waals surface area contributed by atoms with Gasteiger partial charge in [-0.25, -0.2) is 4.98 Å². The second-order valence-corrected chi connectivity index (χ2v) is 6.19. The van der Waals surface area contributed by atoms with Crippen molar-refractivity contribution < 1.29 is 4.79 Å². The fourth-order valence-corrected chi connectivity index (χ4v) is 3.31. The van der Waals surface area contributed by atoms with Crippen molar-refractivity contribution in [2.75, 3.05) is 5.32 Å². The van der Waals surface area contributed by atoms with Crippen LogP contribution in [-0.2, 0) is 11.3 Å². The van der Waals surface area contributed by atoms with E-state index in [2.05, 4.69) is 15.3 Å². The molecule has 0 saturated heterocycles. The summed E-state index contributed by atoms with van der Waals surface area (Å²) in [6.07, 6.45) is 5.40. The first-order valence-electron chi connectivity index (χ1n) is 7.49. The van der Waals surface area contributed by atoms with Crippen LogP contribution in [-0.4, -0.2) is 20.4 Å². The molecule has 24 heavy (non-hydrogen) atoms. The molecule has 0 spiro atoms. The molecule has 3 heterocycles. The lowest BCUT2D eigenvalue weighted by atomic mass is 10.2. The number of nitrogens with zero attached hydrogens (tertiary/aromatic N) is 3. The van der Waals surface area contributed by atoms with Gasteiger partial charge in [-0.1, -0.05) is 18.2 Å². The summed E-state index contributed by atoms with van der Waals surface area (Å²) in [5.41, 5.74) is 2.79. The van der Waals surface area contributed by atoms with Crippen LogP contribution in [0.1, 0.15) is 0 Å². The lowest BCUT2D eigenvalue weighted by Crippen LogP contribution is -2.18. The van der Waals surface area contributed by atoms with E-state index in [1.54, 1.807) is 12.4 Å². The topological polar surface area (TPSA) is 59.8 Å².